The Kier molecular flexibility index (Phi) is 5.43. The van der Waals surface area contributed by atoms with Gasteiger partial charge in [-0.25, -0.2) is 9.97 Å². The minimum Gasteiger partial charge on any atom is -0.436 e. The number of nitrogens with zero attached hydrogens (tertiary/aromatic N) is 5. The zero-order valence-corrected chi connectivity index (χ0v) is 15.7. The Morgan fingerprint density at radius 2 is 1.76 bits per heavy atom. The summed E-state index contributed by atoms with van der Waals surface area (Å²) in [6, 6.07) is 14.5. The van der Waals surface area contributed by atoms with Crippen LogP contribution in [0.15, 0.2) is 61.1 Å². The van der Waals surface area contributed by atoms with Crippen LogP contribution >= 0.6 is 0 Å². The Labute approximate surface area is 168 Å². The minimum absolute atomic E-state index is 0.0940. The summed E-state index contributed by atoms with van der Waals surface area (Å²) in [5.41, 5.74) is 0.937. The van der Waals surface area contributed by atoms with Crippen LogP contribution < -0.4 is 9.64 Å². The molecule has 3 aromatic rings. The summed E-state index contributed by atoms with van der Waals surface area (Å²) in [5.74, 6) is 1.59. The van der Waals surface area contributed by atoms with Gasteiger partial charge in [-0.15, -0.1) is 0 Å². The van der Waals surface area contributed by atoms with Crippen LogP contribution in [0.2, 0.25) is 0 Å². The molecule has 1 aromatic carbocycles. The van der Waals surface area contributed by atoms with E-state index in [0.29, 0.717) is 28.7 Å². The molecule has 7 heteroatoms. The van der Waals surface area contributed by atoms with Crippen LogP contribution in [0.4, 0.5) is 5.82 Å². The summed E-state index contributed by atoms with van der Waals surface area (Å²) in [5, 5.41) is 9.08. The average molecular weight is 385 g/mol. The molecule has 7 nitrogen and oxygen atoms in total. The molecule has 1 saturated heterocycles. The Morgan fingerprint density at radius 1 is 1.00 bits per heavy atom. The van der Waals surface area contributed by atoms with Crippen molar-refractivity contribution < 1.29 is 9.53 Å². The zero-order valence-electron chi connectivity index (χ0n) is 15.7. The van der Waals surface area contributed by atoms with Crippen molar-refractivity contribution in [1.29, 1.82) is 5.26 Å². The predicted molar refractivity (Wildman–Crippen MR) is 107 cm³/mol. The van der Waals surface area contributed by atoms with Gasteiger partial charge in [0.15, 0.2) is 5.82 Å². The van der Waals surface area contributed by atoms with Gasteiger partial charge in [-0.3, -0.25) is 9.78 Å². The first-order valence-electron chi connectivity index (χ1n) is 9.44. The fraction of sp³-hybridized carbons (Fsp3) is 0.227. The quantitative estimate of drug-likeness (QED) is 0.619. The van der Waals surface area contributed by atoms with E-state index in [1.165, 1.54) is 0 Å². The third-order valence-corrected chi connectivity index (χ3v) is 4.85. The molecule has 144 valence electrons. The number of piperidine rings is 1. The fourth-order valence-electron chi connectivity index (χ4n) is 3.26. The Morgan fingerprint density at radius 3 is 2.45 bits per heavy atom. The third kappa shape index (κ3) is 4.22. The van der Waals surface area contributed by atoms with E-state index in [-0.39, 0.29) is 11.7 Å². The molecule has 0 atom stereocenters. The number of carbonyl (C=O) groups excluding carboxylic acids is 1. The van der Waals surface area contributed by atoms with Crippen molar-refractivity contribution in [3.63, 3.8) is 0 Å². The highest BCUT2D eigenvalue weighted by atomic mass is 16.5. The van der Waals surface area contributed by atoms with E-state index in [9.17, 15) is 4.79 Å². The summed E-state index contributed by atoms with van der Waals surface area (Å²) in [7, 11) is 0. The first-order chi connectivity index (χ1) is 14.2. The SMILES string of the molecule is N#CC1CCN(c2nccnc2Oc2ccc(C(=O)c3ccccn3)cc2)CC1. The van der Waals surface area contributed by atoms with Gasteiger partial charge >= 0.3 is 0 Å². The van der Waals surface area contributed by atoms with Gasteiger partial charge in [0.05, 0.1) is 6.07 Å². The smallest absolute Gasteiger partial charge is 0.263 e. The molecule has 1 aliphatic heterocycles. The molecule has 0 spiro atoms. The van der Waals surface area contributed by atoms with Gasteiger partial charge in [-0.05, 0) is 49.2 Å². The molecule has 0 saturated carbocycles. The first-order valence-corrected chi connectivity index (χ1v) is 9.44. The normalized spacial score (nSPS) is 14.2. The molecule has 0 radical (unpaired) electrons. The topological polar surface area (TPSA) is 92.0 Å². The maximum atomic E-state index is 12.5. The van der Waals surface area contributed by atoms with Gasteiger partial charge in [-0.1, -0.05) is 6.07 Å². The van der Waals surface area contributed by atoms with E-state index in [1.807, 2.05) is 0 Å². The number of hydrogen-bond donors (Lipinski definition) is 0. The Balaban J connectivity index is 1.49. The van der Waals surface area contributed by atoms with Crippen LogP contribution in [0.25, 0.3) is 0 Å². The molecule has 29 heavy (non-hydrogen) atoms. The summed E-state index contributed by atoms with van der Waals surface area (Å²) < 4.78 is 5.95. The number of pyridine rings is 1. The number of rotatable bonds is 5. The number of ether oxygens (including phenoxy) is 1. The highest BCUT2D eigenvalue weighted by Crippen LogP contribution is 2.31. The third-order valence-electron chi connectivity index (χ3n) is 4.85. The fourth-order valence-corrected chi connectivity index (χ4v) is 3.26. The van der Waals surface area contributed by atoms with Crippen molar-refractivity contribution in [3.8, 4) is 17.7 Å². The molecular weight excluding hydrogens is 366 g/mol. The van der Waals surface area contributed by atoms with E-state index in [0.717, 1.165) is 25.9 Å². The minimum atomic E-state index is -0.141. The lowest BCUT2D eigenvalue weighted by Gasteiger charge is -2.30. The van der Waals surface area contributed by atoms with Gasteiger partial charge in [0.1, 0.15) is 11.4 Å². The number of benzene rings is 1. The van der Waals surface area contributed by atoms with Crippen LogP contribution in [0.1, 0.15) is 28.9 Å². The maximum Gasteiger partial charge on any atom is 0.263 e. The van der Waals surface area contributed by atoms with Crippen molar-refractivity contribution >= 4 is 11.6 Å². The number of aromatic nitrogens is 3. The predicted octanol–water partition coefficient (Wildman–Crippen LogP) is 3.63. The molecule has 4 rings (SSSR count). The second-order valence-electron chi connectivity index (χ2n) is 6.75. The van der Waals surface area contributed by atoms with Gasteiger partial charge in [0, 0.05) is 43.2 Å². The summed E-state index contributed by atoms with van der Waals surface area (Å²) >= 11 is 0. The van der Waals surface area contributed by atoms with Crippen LogP contribution in [-0.4, -0.2) is 33.8 Å². The van der Waals surface area contributed by atoms with Crippen molar-refractivity contribution in [2.45, 2.75) is 12.8 Å². The molecule has 2 aromatic heterocycles. The van der Waals surface area contributed by atoms with E-state index >= 15 is 0 Å². The highest BCUT2D eigenvalue weighted by molar-refractivity contribution is 6.07. The van der Waals surface area contributed by atoms with E-state index < -0.39 is 0 Å². The molecule has 3 heterocycles. The van der Waals surface area contributed by atoms with Crippen molar-refractivity contribution in [3.05, 3.63) is 72.3 Å². The van der Waals surface area contributed by atoms with Crippen LogP contribution in [0.3, 0.4) is 0 Å². The number of hydrogen-bond acceptors (Lipinski definition) is 7. The molecule has 0 amide bonds. The molecule has 0 bridgehead atoms. The number of ketones is 1. The van der Waals surface area contributed by atoms with Crippen LogP contribution in [-0.2, 0) is 0 Å². The van der Waals surface area contributed by atoms with E-state index in [2.05, 4.69) is 25.9 Å². The summed E-state index contributed by atoms with van der Waals surface area (Å²) in [6.45, 7) is 1.48. The highest BCUT2D eigenvalue weighted by Gasteiger charge is 2.23. The molecule has 0 unspecified atom stereocenters. The van der Waals surface area contributed by atoms with Crippen molar-refractivity contribution in [2.75, 3.05) is 18.0 Å². The monoisotopic (exact) mass is 385 g/mol. The largest absolute Gasteiger partial charge is 0.436 e. The number of carbonyl (C=O) groups is 1. The van der Waals surface area contributed by atoms with E-state index in [1.54, 1.807) is 61.1 Å². The van der Waals surface area contributed by atoms with E-state index in [4.69, 9.17) is 10.00 Å². The molecular formula is C22H19N5O2. The summed E-state index contributed by atoms with van der Waals surface area (Å²) in [6.07, 6.45) is 6.42. The zero-order chi connectivity index (χ0) is 20.1. The van der Waals surface area contributed by atoms with Gasteiger partial charge in [-0.2, -0.15) is 5.26 Å². The standard InChI is InChI=1S/C22H19N5O2/c23-15-16-8-13-27(14-9-16)21-22(26-12-11-25-21)29-18-6-4-17(5-7-18)20(28)19-3-1-2-10-24-19/h1-7,10-12,16H,8-9,13-14H2. The van der Waals surface area contributed by atoms with Gasteiger partial charge in [0.2, 0.25) is 5.78 Å². The second kappa shape index (κ2) is 8.48. The van der Waals surface area contributed by atoms with Gasteiger partial charge < -0.3 is 9.64 Å². The second-order valence-corrected chi connectivity index (χ2v) is 6.75. The maximum absolute atomic E-state index is 12.5. The molecule has 0 aliphatic carbocycles. The van der Waals surface area contributed by atoms with Crippen molar-refractivity contribution in [2.24, 2.45) is 5.92 Å². The van der Waals surface area contributed by atoms with Crippen LogP contribution in [0.5, 0.6) is 11.6 Å². The number of anilines is 1. The lowest BCUT2D eigenvalue weighted by atomic mass is 9.99. The first kappa shape index (κ1) is 18.6. The lowest BCUT2D eigenvalue weighted by molar-refractivity contribution is 0.103. The number of nitriles is 1. The summed E-state index contributed by atoms with van der Waals surface area (Å²) in [4.78, 5) is 27.4. The molecule has 0 N–H and O–H groups in total. The average Bonchev–Trinajstić information content (AvgIpc) is 2.80. The van der Waals surface area contributed by atoms with Gasteiger partial charge in [0.25, 0.3) is 5.88 Å². The van der Waals surface area contributed by atoms with Crippen LogP contribution in [0, 0.1) is 17.2 Å². The molecule has 1 fully saturated rings. The molecule has 1 aliphatic rings. The Bertz CT molecular complexity index is 1020. The lowest BCUT2D eigenvalue weighted by Crippen LogP contribution is -2.34. The Hall–Kier alpha value is -3.79. The van der Waals surface area contributed by atoms with Crippen molar-refractivity contribution in [1.82, 2.24) is 15.0 Å².